The molecule has 0 saturated carbocycles. The maximum atomic E-state index is 10.6. The van der Waals surface area contributed by atoms with Crippen LogP contribution in [0.3, 0.4) is 0 Å². The van der Waals surface area contributed by atoms with Gasteiger partial charge in [0.1, 0.15) is 0 Å². The molecule has 0 spiro atoms. The second-order valence-electron chi connectivity index (χ2n) is 2.40. The maximum Gasteiger partial charge on any atom is 0.356 e. The maximum absolute atomic E-state index is 10.6. The smallest absolute Gasteiger partial charge is 0.356 e. The van der Waals surface area contributed by atoms with Crippen molar-refractivity contribution in [3.63, 3.8) is 0 Å². The topological polar surface area (TPSA) is 55.1 Å². The fourth-order valence-electron chi connectivity index (χ4n) is 0.939. The average molecular weight is 186 g/mol. The number of carboxylic acid groups (broad SMARTS) is 1. The first-order chi connectivity index (χ1) is 5.57. The molecule has 0 amide bonds. The van der Waals surface area contributed by atoms with Crippen LogP contribution in [0, 0.1) is 6.92 Å². The molecule has 1 aromatic rings. The van der Waals surface area contributed by atoms with Crippen molar-refractivity contribution < 1.29 is 9.90 Å². The summed E-state index contributed by atoms with van der Waals surface area (Å²) in [4.78, 5) is 14.6. The van der Waals surface area contributed by atoms with Crippen LogP contribution in [0.4, 0.5) is 0 Å². The van der Waals surface area contributed by atoms with E-state index in [0.29, 0.717) is 5.69 Å². The van der Waals surface area contributed by atoms with E-state index in [1.54, 1.807) is 18.5 Å². The van der Waals surface area contributed by atoms with Crippen molar-refractivity contribution in [2.75, 3.05) is 6.26 Å². The van der Waals surface area contributed by atoms with Crippen molar-refractivity contribution in [2.45, 2.75) is 12.1 Å². The third-order valence-electron chi connectivity index (χ3n) is 1.73. The summed E-state index contributed by atoms with van der Waals surface area (Å²) in [7, 11) is 1.81. The molecule has 0 atom stereocenters. The molecule has 12 heavy (non-hydrogen) atoms. The summed E-state index contributed by atoms with van der Waals surface area (Å²) in [6.45, 7) is 1.75. The number of thioether (sulfide) groups is 1. The van der Waals surface area contributed by atoms with E-state index in [9.17, 15) is 4.79 Å². The molecule has 66 valence electrons. The molecule has 0 bridgehead atoms. The number of hydrogen-bond donors (Lipinski definition) is 1. The van der Waals surface area contributed by atoms with Gasteiger partial charge in [0, 0.05) is 12.7 Å². The lowest BCUT2D eigenvalue weighted by molar-refractivity contribution is 0.0690. The number of aromatic carboxylic acids is 1. The summed E-state index contributed by atoms with van der Waals surface area (Å²) in [5.74, 6) is -0.969. The summed E-state index contributed by atoms with van der Waals surface area (Å²) in [6, 6.07) is 0. The number of carboxylic acids is 1. The fraction of sp³-hybridized carbons (Fsp3) is 0.429. The zero-order valence-electron chi connectivity index (χ0n) is 7.16. The molecule has 0 radical (unpaired) electrons. The lowest BCUT2D eigenvalue weighted by Gasteiger charge is -1.97. The largest absolute Gasteiger partial charge is 0.476 e. The highest BCUT2D eigenvalue weighted by atomic mass is 32.2. The van der Waals surface area contributed by atoms with Gasteiger partial charge < -0.3 is 9.67 Å². The Balaban J connectivity index is 3.25. The minimum Gasteiger partial charge on any atom is -0.476 e. The van der Waals surface area contributed by atoms with Crippen LogP contribution in [0.25, 0.3) is 0 Å². The number of aromatic nitrogens is 2. The van der Waals surface area contributed by atoms with Gasteiger partial charge in [-0.15, -0.1) is 0 Å². The molecule has 1 rings (SSSR count). The summed E-state index contributed by atoms with van der Waals surface area (Å²) in [5.41, 5.74) is 0.828. The quantitative estimate of drug-likeness (QED) is 0.704. The lowest BCUT2D eigenvalue weighted by atomic mass is 10.3. The third kappa shape index (κ3) is 1.32. The fourth-order valence-corrected chi connectivity index (χ4v) is 1.53. The molecule has 0 unspecified atom stereocenters. The number of rotatable bonds is 2. The number of imidazole rings is 1. The Bertz CT molecular complexity index is 319. The second-order valence-corrected chi connectivity index (χ2v) is 3.17. The van der Waals surface area contributed by atoms with Crippen LogP contribution in [0.5, 0.6) is 0 Å². The molecule has 0 aliphatic carbocycles. The Hall–Kier alpha value is -0.970. The molecule has 4 nitrogen and oxygen atoms in total. The number of nitrogens with zero attached hydrogens (tertiary/aromatic N) is 2. The number of carbonyl (C=O) groups is 1. The molecule has 0 aromatic carbocycles. The van der Waals surface area contributed by atoms with Crippen molar-refractivity contribution in [3.05, 3.63) is 11.4 Å². The van der Waals surface area contributed by atoms with Crippen molar-refractivity contribution in [3.8, 4) is 0 Å². The zero-order chi connectivity index (χ0) is 9.30. The van der Waals surface area contributed by atoms with E-state index in [2.05, 4.69) is 4.98 Å². The Labute approximate surface area is 74.6 Å². The molecule has 5 heteroatoms. The first-order valence-electron chi connectivity index (χ1n) is 3.38. The van der Waals surface area contributed by atoms with Crippen molar-refractivity contribution in [1.82, 2.24) is 9.55 Å². The van der Waals surface area contributed by atoms with Crippen molar-refractivity contribution in [2.24, 2.45) is 7.05 Å². The molecule has 0 aliphatic heterocycles. The van der Waals surface area contributed by atoms with E-state index in [4.69, 9.17) is 5.11 Å². The van der Waals surface area contributed by atoms with Crippen LogP contribution in [0.15, 0.2) is 5.16 Å². The Morgan fingerprint density at radius 2 is 2.25 bits per heavy atom. The summed E-state index contributed by atoms with van der Waals surface area (Å²) in [6.07, 6.45) is 1.87. The summed E-state index contributed by atoms with van der Waals surface area (Å²) >= 11 is 1.44. The highest BCUT2D eigenvalue weighted by Crippen LogP contribution is 2.16. The first-order valence-corrected chi connectivity index (χ1v) is 4.61. The van der Waals surface area contributed by atoms with Gasteiger partial charge in [-0.2, -0.15) is 0 Å². The SMILES string of the molecule is CSc1nc(C(=O)O)c(C)n1C. The standard InChI is InChI=1S/C7H10N2O2S/c1-4-5(6(10)11)8-7(12-3)9(4)2/h1-3H3,(H,10,11). The van der Waals surface area contributed by atoms with Crippen molar-refractivity contribution in [1.29, 1.82) is 0 Å². The molecule has 1 N–H and O–H groups in total. The van der Waals surface area contributed by atoms with Gasteiger partial charge in [-0.25, -0.2) is 9.78 Å². The minimum atomic E-state index is -0.969. The molecule has 0 aliphatic rings. The Morgan fingerprint density at radius 1 is 1.67 bits per heavy atom. The first kappa shape index (κ1) is 9.12. The van der Waals surface area contributed by atoms with E-state index in [1.165, 1.54) is 11.8 Å². The van der Waals surface area contributed by atoms with Gasteiger partial charge in [0.15, 0.2) is 10.9 Å². The predicted molar refractivity (Wildman–Crippen MR) is 46.7 cm³/mol. The molecule has 0 fully saturated rings. The van der Waals surface area contributed by atoms with Gasteiger partial charge in [-0.1, -0.05) is 11.8 Å². The van der Waals surface area contributed by atoms with Crippen LogP contribution in [-0.2, 0) is 7.05 Å². The van der Waals surface area contributed by atoms with E-state index in [1.807, 2.05) is 6.26 Å². The number of hydrogen-bond acceptors (Lipinski definition) is 3. The van der Waals surface area contributed by atoms with Crippen LogP contribution in [0.2, 0.25) is 0 Å². The zero-order valence-corrected chi connectivity index (χ0v) is 7.97. The molecule has 0 saturated heterocycles. The molecule has 1 heterocycles. The Kier molecular flexibility index (Phi) is 2.42. The normalized spacial score (nSPS) is 10.2. The minimum absolute atomic E-state index is 0.141. The average Bonchev–Trinajstić information content (AvgIpc) is 2.30. The van der Waals surface area contributed by atoms with Gasteiger partial charge >= 0.3 is 5.97 Å². The van der Waals surface area contributed by atoms with Gasteiger partial charge in [-0.3, -0.25) is 0 Å². The monoisotopic (exact) mass is 186 g/mol. The van der Waals surface area contributed by atoms with Crippen LogP contribution in [-0.4, -0.2) is 26.9 Å². The van der Waals surface area contributed by atoms with Crippen LogP contribution in [0.1, 0.15) is 16.2 Å². The van der Waals surface area contributed by atoms with Crippen LogP contribution >= 0.6 is 11.8 Å². The van der Waals surface area contributed by atoms with E-state index in [0.717, 1.165) is 5.16 Å². The van der Waals surface area contributed by atoms with E-state index in [-0.39, 0.29) is 5.69 Å². The second kappa shape index (κ2) is 3.18. The Morgan fingerprint density at radius 3 is 2.50 bits per heavy atom. The predicted octanol–water partition coefficient (Wildman–Crippen LogP) is 1.15. The van der Waals surface area contributed by atoms with Gasteiger partial charge in [0.2, 0.25) is 0 Å². The van der Waals surface area contributed by atoms with E-state index >= 15 is 0 Å². The third-order valence-corrected chi connectivity index (χ3v) is 2.46. The highest BCUT2D eigenvalue weighted by molar-refractivity contribution is 7.98. The highest BCUT2D eigenvalue weighted by Gasteiger charge is 2.15. The molecular formula is C7H10N2O2S. The van der Waals surface area contributed by atoms with Crippen LogP contribution < -0.4 is 0 Å². The lowest BCUT2D eigenvalue weighted by Crippen LogP contribution is -2.00. The van der Waals surface area contributed by atoms with E-state index < -0.39 is 5.97 Å². The summed E-state index contributed by atoms with van der Waals surface area (Å²) < 4.78 is 1.77. The van der Waals surface area contributed by atoms with Gasteiger partial charge in [0.25, 0.3) is 0 Å². The van der Waals surface area contributed by atoms with Gasteiger partial charge in [0.05, 0.1) is 0 Å². The van der Waals surface area contributed by atoms with Gasteiger partial charge in [-0.05, 0) is 13.2 Å². The summed E-state index contributed by atoms with van der Waals surface area (Å²) in [5, 5.41) is 9.44. The molecule has 1 aromatic heterocycles. The van der Waals surface area contributed by atoms with Crippen molar-refractivity contribution >= 4 is 17.7 Å². The molecular weight excluding hydrogens is 176 g/mol.